The number of hydrogen-bond acceptors (Lipinski definition) is 5. The molecule has 2 atom stereocenters. The summed E-state index contributed by atoms with van der Waals surface area (Å²) in [5, 5.41) is 15.7. The smallest absolute Gasteiger partial charge is 0.428 e. The molecule has 8 nitrogen and oxygen atoms in total. The van der Waals surface area contributed by atoms with Crippen LogP contribution >= 0.6 is 0 Å². The number of hydrogen-bond donors (Lipinski definition) is 1. The number of aromatic nitrogens is 5. The van der Waals surface area contributed by atoms with Gasteiger partial charge in [0, 0.05) is 12.4 Å². The maximum absolute atomic E-state index is 13.5. The average molecular weight is 509 g/mol. The van der Waals surface area contributed by atoms with Gasteiger partial charge in [-0.05, 0) is 48.9 Å². The third kappa shape index (κ3) is 4.87. The van der Waals surface area contributed by atoms with Crippen LogP contribution in [0.3, 0.4) is 0 Å². The van der Waals surface area contributed by atoms with Crippen molar-refractivity contribution in [2.24, 2.45) is 0 Å². The topological polar surface area (TPSA) is 87.1 Å². The van der Waals surface area contributed by atoms with Gasteiger partial charge in [0.2, 0.25) is 0 Å². The highest BCUT2D eigenvalue weighted by Gasteiger charge is 2.44. The van der Waals surface area contributed by atoms with E-state index >= 15 is 0 Å². The van der Waals surface area contributed by atoms with E-state index in [0.29, 0.717) is 5.56 Å². The number of alkyl halides is 4. The third-order valence-electron chi connectivity index (χ3n) is 5.75. The molecule has 0 radical (unpaired) electrons. The molecule has 0 saturated heterocycles. The Kier molecular flexibility index (Phi) is 6.67. The summed E-state index contributed by atoms with van der Waals surface area (Å²) < 4.78 is 72.3. The predicted octanol–water partition coefficient (Wildman–Crippen LogP) is 3.76. The van der Waals surface area contributed by atoms with Gasteiger partial charge in [0.25, 0.3) is 0 Å². The van der Waals surface area contributed by atoms with E-state index in [1.165, 1.54) is 75.3 Å². The molecule has 2 aromatic heterocycles. The van der Waals surface area contributed by atoms with Gasteiger partial charge in [-0.1, -0.05) is 12.1 Å². The molecule has 0 amide bonds. The van der Waals surface area contributed by atoms with Crippen molar-refractivity contribution in [2.75, 3.05) is 0 Å². The highest BCUT2D eigenvalue weighted by molar-refractivity contribution is 5.37. The van der Waals surface area contributed by atoms with Gasteiger partial charge in [0.05, 0.1) is 18.3 Å². The second-order valence-corrected chi connectivity index (χ2v) is 8.02. The molecule has 2 aromatic carbocycles. The summed E-state index contributed by atoms with van der Waals surface area (Å²) >= 11 is 0. The summed E-state index contributed by atoms with van der Waals surface area (Å²) in [6.07, 6.45) is -3.19. The molecule has 0 aliphatic carbocycles. The van der Waals surface area contributed by atoms with Crippen LogP contribution in [0.2, 0.25) is 0 Å². The zero-order valence-corrected chi connectivity index (χ0v) is 18.7. The Morgan fingerprint density at radius 1 is 1.06 bits per heavy atom. The summed E-state index contributed by atoms with van der Waals surface area (Å²) in [5.41, 5.74) is -1.75. The number of halogens is 5. The molecule has 2 heterocycles. The summed E-state index contributed by atoms with van der Waals surface area (Å²) in [7, 11) is 0. The molecule has 190 valence electrons. The van der Waals surface area contributed by atoms with E-state index in [9.17, 15) is 31.9 Å². The number of nitrogens with zero attached hydrogens (tertiary/aromatic N) is 5. The summed E-state index contributed by atoms with van der Waals surface area (Å²) in [6.45, 7) is 1.48. The highest BCUT2D eigenvalue weighted by atomic mass is 19.3. The second-order valence-electron chi connectivity index (χ2n) is 8.02. The van der Waals surface area contributed by atoms with Gasteiger partial charge in [-0.2, -0.15) is 22.7 Å². The van der Waals surface area contributed by atoms with Crippen LogP contribution in [0.4, 0.5) is 22.0 Å². The van der Waals surface area contributed by atoms with Crippen molar-refractivity contribution < 1.29 is 31.8 Å². The zero-order chi connectivity index (χ0) is 26.1. The quantitative estimate of drug-likeness (QED) is 0.348. The van der Waals surface area contributed by atoms with E-state index in [1.54, 1.807) is 6.92 Å². The molecule has 13 heteroatoms. The number of rotatable bonds is 9. The molecule has 0 fully saturated rings. The first kappa shape index (κ1) is 25.1. The molecular weight excluding hydrogens is 489 g/mol. The second kappa shape index (κ2) is 9.57. The molecule has 0 bridgehead atoms. The lowest BCUT2D eigenvalue weighted by Crippen LogP contribution is -2.43. The fourth-order valence-electron chi connectivity index (χ4n) is 3.75. The average Bonchev–Trinajstić information content (AvgIpc) is 3.48. The Hall–Kier alpha value is -4.00. The van der Waals surface area contributed by atoms with E-state index in [-0.39, 0.29) is 12.2 Å². The Morgan fingerprint density at radius 3 is 2.31 bits per heavy atom. The number of aliphatic hydroxyl groups is 1. The Balaban J connectivity index is 1.66. The van der Waals surface area contributed by atoms with Crippen molar-refractivity contribution in [1.82, 2.24) is 23.9 Å². The first-order chi connectivity index (χ1) is 17.0. The van der Waals surface area contributed by atoms with Crippen molar-refractivity contribution >= 4 is 0 Å². The maximum atomic E-state index is 13.5. The van der Waals surface area contributed by atoms with Gasteiger partial charge in [-0.3, -0.25) is 9.13 Å². The van der Waals surface area contributed by atoms with Gasteiger partial charge in [0.15, 0.2) is 0 Å². The fourth-order valence-corrected chi connectivity index (χ4v) is 3.75. The number of benzene rings is 2. The SMILES string of the molecule is C[C@@H](n1ccn(-c2ccc(OC(F)(F)C(F)F)cc2)c1=O)[C@](O)(Cn1cncn1)c1ccc(F)cc1. The molecule has 4 rings (SSSR count). The van der Waals surface area contributed by atoms with Crippen molar-refractivity contribution in [1.29, 1.82) is 0 Å². The van der Waals surface area contributed by atoms with Crippen LogP contribution < -0.4 is 10.4 Å². The van der Waals surface area contributed by atoms with Crippen molar-refractivity contribution in [3.05, 3.63) is 95.4 Å². The Bertz CT molecular complexity index is 1350. The van der Waals surface area contributed by atoms with Gasteiger partial charge in [-0.25, -0.2) is 18.9 Å². The molecular formula is C23H20F5N5O3. The molecule has 0 saturated carbocycles. The lowest BCUT2D eigenvalue weighted by atomic mass is 9.86. The van der Waals surface area contributed by atoms with Gasteiger partial charge < -0.3 is 9.84 Å². The third-order valence-corrected chi connectivity index (χ3v) is 5.75. The molecule has 0 unspecified atom stereocenters. The normalized spacial score (nSPS) is 14.6. The van der Waals surface area contributed by atoms with E-state index in [2.05, 4.69) is 14.8 Å². The standard InChI is InChI=1S/C23H20F5N5O3/c1-15(22(35,12-31-14-29-13-30-31)16-2-4-17(24)5-3-16)32-10-11-33(21(32)34)18-6-8-19(9-7-18)36-23(27,28)20(25)26/h2-11,13-15,20,35H,12H2,1H3/t15-,22-/m1/s1. The molecule has 4 aromatic rings. The van der Waals surface area contributed by atoms with E-state index in [1.807, 2.05) is 0 Å². The molecule has 0 aliphatic heterocycles. The summed E-state index contributed by atoms with van der Waals surface area (Å²) in [6, 6.07) is 8.82. The maximum Gasteiger partial charge on any atom is 0.461 e. The minimum absolute atomic E-state index is 0.109. The van der Waals surface area contributed by atoms with E-state index in [4.69, 9.17) is 0 Å². The van der Waals surface area contributed by atoms with Crippen LogP contribution in [0.25, 0.3) is 5.69 Å². The number of ether oxygens (including phenoxy) is 1. The van der Waals surface area contributed by atoms with Crippen molar-refractivity contribution in [3.8, 4) is 11.4 Å². The van der Waals surface area contributed by atoms with Gasteiger partial charge >= 0.3 is 18.2 Å². The summed E-state index contributed by atoms with van der Waals surface area (Å²) in [5.74, 6) is -1.01. The van der Waals surface area contributed by atoms with Crippen LogP contribution in [0, 0.1) is 5.82 Å². The van der Waals surface area contributed by atoms with Crippen molar-refractivity contribution in [2.45, 2.75) is 37.6 Å². The van der Waals surface area contributed by atoms with Crippen LogP contribution in [-0.4, -0.2) is 41.5 Å². The molecule has 0 spiro atoms. The van der Waals surface area contributed by atoms with E-state index < -0.39 is 41.4 Å². The van der Waals surface area contributed by atoms with Crippen LogP contribution in [0.1, 0.15) is 18.5 Å². The number of imidazole rings is 1. The summed E-state index contributed by atoms with van der Waals surface area (Å²) in [4.78, 5) is 17.1. The first-order valence-electron chi connectivity index (χ1n) is 10.6. The lowest BCUT2D eigenvalue weighted by molar-refractivity contribution is -0.253. The van der Waals surface area contributed by atoms with Crippen LogP contribution in [-0.2, 0) is 12.1 Å². The Morgan fingerprint density at radius 2 is 1.72 bits per heavy atom. The van der Waals surface area contributed by atoms with Gasteiger partial charge in [-0.15, -0.1) is 0 Å². The minimum Gasteiger partial charge on any atom is -0.428 e. The Labute approximate surface area is 200 Å². The zero-order valence-electron chi connectivity index (χ0n) is 18.7. The highest BCUT2D eigenvalue weighted by Crippen LogP contribution is 2.34. The van der Waals surface area contributed by atoms with Crippen molar-refractivity contribution in [3.63, 3.8) is 0 Å². The van der Waals surface area contributed by atoms with Crippen LogP contribution in [0.15, 0.2) is 78.4 Å². The molecule has 0 aliphatic rings. The minimum atomic E-state index is -4.66. The van der Waals surface area contributed by atoms with Crippen LogP contribution in [0.5, 0.6) is 5.75 Å². The molecule has 1 N–H and O–H groups in total. The van der Waals surface area contributed by atoms with E-state index in [0.717, 1.165) is 12.1 Å². The van der Waals surface area contributed by atoms with Gasteiger partial charge in [0.1, 0.15) is 29.8 Å². The largest absolute Gasteiger partial charge is 0.461 e. The monoisotopic (exact) mass is 509 g/mol. The molecule has 36 heavy (non-hydrogen) atoms. The first-order valence-corrected chi connectivity index (χ1v) is 10.6. The fraction of sp³-hybridized carbons (Fsp3) is 0.261. The lowest BCUT2D eigenvalue weighted by Gasteiger charge is -2.34. The predicted molar refractivity (Wildman–Crippen MR) is 117 cm³/mol.